The fourth-order valence-corrected chi connectivity index (χ4v) is 4.24. The average Bonchev–Trinajstić information content (AvgIpc) is 3.38. The molecule has 2 amide bonds. The van der Waals surface area contributed by atoms with Crippen LogP contribution >= 0.6 is 0 Å². The summed E-state index contributed by atoms with van der Waals surface area (Å²) in [5.74, 6) is 1.53. The minimum Gasteiger partial charge on any atom is -0.454 e. The lowest BCUT2D eigenvalue weighted by Gasteiger charge is -2.24. The Morgan fingerprint density at radius 3 is 2.68 bits per heavy atom. The van der Waals surface area contributed by atoms with Gasteiger partial charge in [-0.3, -0.25) is 9.59 Å². The second kappa shape index (κ2) is 11.2. The van der Waals surface area contributed by atoms with E-state index in [0.717, 1.165) is 37.3 Å². The number of furan rings is 1. The van der Waals surface area contributed by atoms with Crippen LogP contribution in [-0.4, -0.2) is 33.9 Å². The van der Waals surface area contributed by atoms with Crippen LogP contribution in [0.2, 0.25) is 0 Å². The van der Waals surface area contributed by atoms with Gasteiger partial charge in [-0.25, -0.2) is 0 Å². The van der Waals surface area contributed by atoms with E-state index < -0.39 is 0 Å². The van der Waals surface area contributed by atoms with Crippen LogP contribution in [0.5, 0.6) is 0 Å². The van der Waals surface area contributed by atoms with E-state index in [1.54, 1.807) is 6.07 Å². The largest absolute Gasteiger partial charge is 0.454 e. The van der Waals surface area contributed by atoms with Gasteiger partial charge in [0.2, 0.25) is 5.91 Å². The first-order valence-electron chi connectivity index (χ1n) is 11.8. The number of nitrogens with zero attached hydrogens (tertiary/aromatic N) is 2. The maximum Gasteiger partial charge on any atom is 0.287 e. The molecule has 0 atom stereocenters. The number of hydrogen-bond donors (Lipinski definition) is 1. The summed E-state index contributed by atoms with van der Waals surface area (Å²) in [4.78, 5) is 27.1. The highest BCUT2D eigenvalue weighted by Gasteiger charge is 2.20. The highest BCUT2D eigenvalue weighted by molar-refractivity contribution is 5.91. The third kappa shape index (κ3) is 6.74. The Labute approximate surface area is 186 Å². The first kappa shape index (κ1) is 23.2. The zero-order chi connectivity index (χ0) is 22.2. The summed E-state index contributed by atoms with van der Waals surface area (Å²) in [5, 5.41) is 3.10. The maximum atomic E-state index is 12.6. The number of hydrogen-bond acceptors (Lipinski definition) is 3. The van der Waals surface area contributed by atoms with Gasteiger partial charge < -0.3 is 19.2 Å². The molecule has 2 aromatic rings. The smallest absolute Gasteiger partial charge is 0.287 e. The fraction of sp³-hybridized carbons (Fsp3) is 0.600. The van der Waals surface area contributed by atoms with Gasteiger partial charge in [0.25, 0.3) is 5.91 Å². The highest BCUT2D eigenvalue weighted by Crippen LogP contribution is 2.19. The predicted octanol–water partition coefficient (Wildman–Crippen LogP) is 4.98. The normalized spacial score (nSPS) is 14.7. The summed E-state index contributed by atoms with van der Waals surface area (Å²) in [6, 6.07) is 7.93. The van der Waals surface area contributed by atoms with Gasteiger partial charge in [-0.2, -0.15) is 0 Å². The van der Waals surface area contributed by atoms with E-state index in [4.69, 9.17) is 4.42 Å². The minimum atomic E-state index is -0.126. The van der Waals surface area contributed by atoms with E-state index in [0.29, 0.717) is 31.2 Å². The van der Waals surface area contributed by atoms with Gasteiger partial charge in [0.1, 0.15) is 5.76 Å². The van der Waals surface area contributed by atoms with Crippen LogP contribution in [0.25, 0.3) is 0 Å². The molecule has 0 spiro atoms. The zero-order valence-electron chi connectivity index (χ0n) is 19.2. The number of amides is 2. The number of aromatic nitrogens is 1. The third-order valence-electron chi connectivity index (χ3n) is 5.86. The molecule has 1 aliphatic carbocycles. The van der Waals surface area contributed by atoms with Crippen molar-refractivity contribution in [2.24, 2.45) is 5.92 Å². The van der Waals surface area contributed by atoms with E-state index in [2.05, 4.69) is 30.7 Å². The number of carbonyl (C=O) groups is 2. The first-order chi connectivity index (χ1) is 15.0. The highest BCUT2D eigenvalue weighted by atomic mass is 16.4. The summed E-state index contributed by atoms with van der Waals surface area (Å²) >= 11 is 0. The number of nitrogens with one attached hydrogen (secondary N) is 1. The molecule has 170 valence electrons. The molecule has 1 aliphatic rings. The Morgan fingerprint density at radius 1 is 1.19 bits per heavy atom. The monoisotopic (exact) mass is 427 g/mol. The molecule has 1 N–H and O–H groups in total. The van der Waals surface area contributed by atoms with E-state index in [1.807, 2.05) is 29.3 Å². The number of rotatable bonds is 10. The van der Waals surface area contributed by atoms with Gasteiger partial charge in [0, 0.05) is 30.9 Å². The van der Waals surface area contributed by atoms with Crippen molar-refractivity contribution < 1.29 is 14.0 Å². The molecule has 3 rings (SSSR count). The summed E-state index contributed by atoms with van der Waals surface area (Å²) < 4.78 is 7.94. The SMILES string of the molecule is CCCN(Cc1cccn1Cc1ccc(C(=O)NC2CCCCC2)o1)C(=O)CC(C)C. The molecule has 1 fully saturated rings. The van der Waals surface area contributed by atoms with Crippen molar-refractivity contribution in [1.82, 2.24) is 14.8 Å². The van der Waals surface area contributed by atoms with Gasteiger partial charge in [0.15, 0.2) is 5.76 Å². The van der Waals surface area contributed by atoms with Gasteiger partial charge >= 0.3 is 0 Å². The van der Waals surface area contributed by atoms with E-state index in [-0.39, 0.29) is 17.9 Å². The summed E-state index contributed by atoms with van der Waals surface area (Å²) in [6.07, 6.45) is 9.22. The molecule has 0 radical (unpaired) electrons. The van der Waals surface area contributed by atoms with Crippen LogP contribution in [-0.2, 0) is 17.9 Å². The summed E-state index contributed by atoms with van der Waals surface area (Å²) in [5.41, 5.74) is 1.06. The van der Waals surface area contributed by atoms with Gasteiger partial charge in [0.05, 0.1) is 13.1 Å². The molecular weight excluding hydrogens is 390 g/mol. The van der Waals surface area contributed by atoms with E-state index >= 15 is 0 Å². The Bertz CT molecular complexity index is 846. The first-order valence-corrected chi connectivity index (χ1v) is 11.8. The molecule has 0 aromatic carbocycles. The molecule has 0 aliphatic heterocycles. The maximum absolute atomic E-state index is 12.6. The van der Waals surface area contributed by atoms with Gasteiger partial charge in [-0.1, -0.05) is 40.0 Å². The molecular formula is C25H37N3O3. The lowest BCUT2D eigenvalue weighted by molar-refractivity contribution is -0.132. The van der Waals surface area contributed by atoms with Crippen LogP contribution in [0.4, 0.5) is 0 Å². The molecule has 31 heavy (non-hydrogen) atoms. The zero-order valence-corrected chi connectivity index (χ0v) is 19.2. The van der Waals surface area contributed by atoms with Crippen molar-refractivity contribution in [3.8, 4) is 0 Å². The van der Waals surface area contributed by atoms with Crippen molar-refractivity contribution in [3.63, 3.8) is 0 Å². The summed E-state index contributed by atoms with van der Waals surface area (Å²) in [7, 11) is 0. The van der Waals surface area contributed by atoms with Gasteiger partial charge in [-0.15, -0.1) is 0 Å². The molecule has 0 unspecified atom stereocenters. The topological polar surface area (TPSA) is 67.5 Å². The summed E-state index contributed by atoms with van der Waals surface area (Å²) in [6.45, 7) is 8.12. The Kier molecular flexibility index (Phi) is 8.38. The van der Waals surface area contributed by atoms with Crippen molar-refractivity contribution in [2.75, 3.05) is 6.54 Å². The standard InChI is InChI=1S/C25H37N3O3/c1-4-14-28(24(29)16-19(2)3)17-21-11-8-15-27(21)18-22-12-13-23(31-22)25(30)26-20-9-6-5-7-10-20/h8,11-13,15,19-20H,4-7,9-10,14,16-18H2,1-3H3,(H,26,30). The third-order valence-corrected chi connectivity index (χ3v) is 5.86. The van der Waals surface area contributed by atoms with Crippen LogP contribution < -0.4 is 5.32 Å². The van der Waals surface area contributed by atoms with Crippen LogP contribution in [0.15, 0.2) is 34.9 Å². The van der Waals surface area contributed by atoms with Crippen molar-refractivity contribution in [2.45, 2.75) is 84.8 Å². The number of carbonyl (C=O) groups excluding carboxylic acids is 2. The van der Waals surface area contributed by atoms with Crippen molar-refractivity contribution in [3.05, 3.63) is 47.7 Å². The van der Waals surface area contributed by atoms with Gasteiger partial charge in [-0.05, 0) is 49.4 Å². The van der Waals surface area contributed by atoms with Crippen LogP contribution in [0.3, 0.4) is 0 Å². The average molecular weight is 428 g/mol. The van der Waals surface area contributed by atoms with Crippen molar-refractivity contribution >= 4 is 11.8 Å². The second-order valence-electron chi connectivity index (χ2n) is 9.12. The lowest BCUT2D eigenvalue weighted by Crippen LogP contribution is -2.35. The van der Waals surface area contributed by atoms with E-state index in [1.165, 1.54) is 19.3 Å². The molecule has 6 nitrogen and oxygen atoms in total. The lowest BCUT2D eigenvalue weighted by atomic mass is 9.95. The van der Waals surface area contributed by atoms with Crippen molar-refractivity contribution in [1.29, 1.82) is 0 Å². The Hall–Kier alpha value is -2.50. The molecule has 0 bridgehead atoms. The quantitative estimate of drug-likeness (QED) is 0.582. The van der Waals surface area contributed by atoms with E-state index in [9.17, 15) is 9.59 Å². The molecule has 2 aromatic heterocycles. The molecule has 0 saturated heterocycles. The predicted molar refractivity (Wildman–Crippen MR) is 122 cm³/mol. The molecule has 6 heteroatoms. The molecule has 2 heterocycles. The Morgan fingerprint density at radius 2 is 1.97 bits per heavy atom. The Balaban J connectivity index is 1.62. The minimum absolute atomic E-state index is 0.126. The fourth-order valence-electron chi connectivity index (χ4n) is 4.24. The molecule has 1 saturated carbocycles. The second-order valence-corrected chi connectivity index (χ2v) is 9.12. The van der Waals surface area contributed by atoms with Crippen LogP contribution in [0.1, 0.15) is 87.7 Å². The van der Waals surface area contributed by atoms with Crippen LogP contribution in [0, 0.1) is 5.92 Å².